The average Bonchev–Trinajstić information content (AvgIpc) is 2.60. The van der Waals surface area contributed by atoms with E-state index in [4.69, 9.17) is 23.2 Å². The zero-order chi connectivity index (χ0) is 17.4. The van der Waals surface area contributed by atoms with Gasteiger partial charge >= 0.3 is 0 Å². The Morgan fingerprint density at radius 2 is 2.12 bits per heavy atom. The number of hydrogen-bond acceptors (Lipinski definition) is 2. The van der Waals surface area contributed by atoms with Crippen LogP contribution in [0.1, 0.15) is 51.0 Å². The Kier molecular flexibility index (Phi) is 8.37. The number of rotatable bonds is 8. The topological polar surface area (TPSA) is 32.3 Å². The Balaban J connectivity index is 1.61. The minimum atomic E-state index is 0.103. The largest absolute Gasteiger partial charge is 0.356 e. The predicted octanol–water partition coefficient (Wildman–Crippen LogP) is 4.70. The van der Waals surface area contributed by atoms with Crippen LogP contribution >= 0.6 is 23.2 Å². The molecule has 0 aliphatic carbocycles. The zero-order valence-corrected chi connectivity index (χ0v) is 16.0. The standard InChI is InChI=1S/C19H28Cl2N2O/c1-2-16-6-3-4-12-23(16)13-5-11-22-19(24)10-8-15-7-9-17(20)18(21)14-15/h7,9,14,16H,2-6,8,10-13H2,1H3,(H,22,24). The van der Waals surface area contributed by atoms with Crippen LogP contribution in [0, 0.1) is 0 Å². The van der Waals surface area contributed by atoms with Gasteiger partial charge in [-0.1, -0.05) is 42.6 Å². The van der Waals surface area contributed by atoms with Crippen molar-refractivity contribution in [3.05, 3.63) is 33.8 Å². The van der Waals surface area contributed by atoms with Gasteiger partial charge in [0.25, 0.3) is 0 Å². The van der Waals surface area contributed by atoms with Gasteiger partial charge in [0.1, 0.15) is 0 Å². The van der Waals surface area contributed by atoms with Crippen molar-refractivity contribution in [1.29, 1.82) is 0 Å². The third-order valence-electron chi connectivity index (χ3n) is 4.79. The van der Waals surface area contributed by atoms with E-state index in [1.54, 1.807) is 6.07 Å². The van der Waals surface area contributed by atoms with Gasteiger partial charge in [-0.05, 0) is 56.3 Å². The highest BCUT2D eigenvalue weighted by Gasteiger charge is 2.19. The molecular weight excluding hydrogens is 343 g/mol. The zero-order valence-electron chi connectivity index (χ0n) is 14.5. The maximum Gasteiger partial charge on any atom is 0.220 e. The molecule has 3 nitrogen and oxygen atoms in total. The van der Waals surface area contributed by atoms with E-state index in [1.165, 1.54) is 32.2 Å². The van der Waals surface area contributed by atoms with Crippen molar-refractivity contribution < 1.29 is 4.79 Å². The van der Waals surface area contributed by atoms with Crippen LogP contribution in [0.15, 0.2) is 18.2 Å². The van der Waals surface area contributed by atoms with Crippen molar-refractivity contribution in [1.82, 2.24) is 10.2 Å². The van der Waals surface area contributed by atoms with Crippen molar-refractivity contribution in [3.63, 3.8) is 0 Å². The lowest BCUT2D eigenvalue weighted by Gasteiger charge is -2.35. The number of carbonyl (C=O) groups excluding carboxylic acids is 1. The molecule has 0 saturated carbocycles. The normalized spacial score (nSPS) is 18.5. The number of nitrogens with zero attached hydrogens (tertiary/aromatic N) is 1. The molecule has 1 fully saturated rings. The predicted molar refractivity (Wildman–Crippen MR) is 102 cm³/mol. The summed E-state index contributed by atoms with van der Waals surface area (Å²) in [6.07, 6.45) is 7.43. The maximum absolute atomic E-state index is 12.0. The van der Waals surface area contributed by atoms with Crippen LogP contribution in [-0.4, -0.2) is 36.5 Å². The van der Waals surface area contributed by atoms with Crippen molar-refractivity contribution >= 4 is 29.1 Å². The number of carbonyl (C=O) groups is 1. The van der Waals surface area contributed by atoms with Crippen LogP contribution in [0.5, 0.6) is 0 Å². The first-order valence-electron chi connectivity index (χ1n) is 9.05. The van der Waals surface area contributed by atoms with Gasteiger partial charge in [-0.25, -0.2) is 0 Å². The van der Waals surface area contributed by atoms with Crippen LogP contribution in [0.25, 0.3) is 0 Å². The van der Waals surface area contributed by atoms with E-state index in [-0.39, 0.29) is 5.91 Å². The van der Waals surface area contributed by atoms with Crippen LogP contribution < -0.4 is 5.32 Å². The molecule has 0 spiro atoms. The molecule has 1 atom stereocenters. The van der Waals surface area contributed by atoms with E-state index >= 15 is 0 Å². The first-order valence-corrected chi connectivity index (χ1v) is 9.80. The molecule has 2 rings (SSSR count). The molecule has 24 heavy (non-hydrogen) atoms. The molecule has 0 aromatic heterocycles. The summed E-state index contributed by atoms with van der Waals surface area (Å²) in [5.74, 6) is 0.103. The van der Waals surface area contributed by atoms with E-state index in [0.717, 1.165) is 31.1 Å². The Bertz CT molecular complexity index is 536. The van der Waals surface area contributed by atoms with E-state index < -0.39 is 0 Å². The van der Waals surface area contributed by atoms with Crippen LogP contribution in [0.3, 0.4) is 0 Å². The smallest absolute Gasteiger partial charge is 0.220 e. The van der Waals surface area contributed by atoms with Crippen LogP contribution in [-0.2, 0) is 11.2 Å². The number of nitrogens with one attached hydrogen (secondary N) is 1. The molecule has 1 amide bonds. The summed E-state index contributed by atoms with van der Waals surface area (Å²) < 4.78 is 0. The fourth-order valence-corrected chi connectivity index (χ4v) is 3.69. The summed E-state index contributed by atoms with van der Waals surface area (Å²) in [6, 6.07) is 6.27. The highest BCUT2D eigenvalue weighted by molar-refractivity contribution is 6.42. The van der Waals surface area contributed by atoms with Crippen LogP contribution in [0.4, 0.5) is 0 Å². The Hall–Kier alpha value is -0.770. The maximum atomic E-state index is 12.0. The third kappa shape index (κ3) is 6.27. The van der Waals surface area contributed by atoms with Gasteiger partial charge < -0.3 is 10.2 Å². The Labute approximate surface area is 155 Å². The number of halogens is 2. The second-order valence-electron chi connectivity index (χ2n) is 6.55. The fourth-order valence-electron chi connectivity index (χ4n) is 3.37. The minimum absolute atomic E-state index is 0.103. The molecular formula is C19H28Cl2N2O. The molecule has 1 aliphatic heterocycles. The van der Waals surface area contributed by atoms with Crippen molar-refractivity contribution in [2.45, 2.75) is 57.9 Å². The fraction of sp³-hybridized carbons (Fsp3) is 0.632. The van der Waals surface area contributed by atoms with Gasteiger partial charge in [0.15, 0.2) is 0 Å². The third-order valence-corrected chi connectivity index (χ3v) is 5.53. The average molecular weight is 371 g/mol. The Morgan fingerprint density at radius 1 is 1.29 bits per heavy atom. The van der Waals surface area contributed by atoms with Gasteiger partial charge in [0.2, 0.25) is 5.91 Å². The lowest BCUT2D eigenvalue weighted by Crippen LogP contribution is -2.40. The summed E-state index contributed by atoms with van der Waals surface area (Å²) in [5.41, 5.74) is 1.04. The van der Waals surface area contributed by atoms with Gasteiger partial charge in [-0.2, -0.15) is 0 Å². The number of benzene rings is 1. The number of aryl methyl sites for hydroxylation is 1. The SMILES string of the molecule is CCC1CCCCN1CCCNC(=O)CCc1ccc(Cl)c(Cl)c1. The summed E-state index contributed by atoms with van der Waals surface area (Å²) in [6.45, 7) is 5.33. The van der Waals surface area contributed by atoms with Crippen LogP contribution in [0.2, 0.25) is 10.0 Å². The quantitative estimate of drug-likeness (QED) is 0.672. The monoisotopic (exact) mass is 370 g/mol. The number of amides is 1. The molecule has 1 saturated heterocycles. The molecule has 1 aromatic carbocycles. The molecule has 0 radical (unpaired) electrons. The highest BCUT2D eigenvalue weighted by atomic mass is 35.5. The lowest BCUT2D eigenvalue weighted by molar-refractivity contribution is -0.121. The summed E-state index contributed by atoms with van der Waals surface area (Å²) in [5, 5.41) is 4.12. The first-order chi connectivity index (χ1) is 11.6. The van der Waals surface area contributed by atoms with Crippen molar-refractivity contribution in [3.8, 4) is 0 Å². The van der Waals surface area contributed by atoms with Crippen molar-refractivity contribution in [2.24, 2.45) is 0 Å². The molecule has 1 N–H and O–H groups in total. The summed E-state index contributed by atoms with van der Waals surface area (Å²) in [7, 11) is 0. The highest BCUT2D eigenvalue weighted by Crippen LogP contribution is 2.23. The molecule has 1 heterocycles. The lowest BCUT2D eigenvalue weighted by atomic mass is 10.00. The first kappa shape index (κ1) is 19.6. The van der Waals surface area contributed by atoms with Crippen molar-refractivity contribution in [2.75, 3.05) is 19.6 Å². The summed E-state index contributed by atoms with van der Waals surface area (Å²) >= 11 is 11.9. The van der Waals surface area contributed by atoms with Gasteiger partial charge in [-0.15, -0.1) is 0 Å². The number of likely N-dealkylation sites (tertiary alicyclic amines) is 1. The molecule has 134 valence electrons. The molecule has 0 bridgehead atoms. The van der Waals surface area contributed by atoms with E-state index in [2.05, 4.69) is 17.1 Å². The molecule has 5 heteroatoms. The van der Waals surface area contributed by atoms with E-state index in [0.29, 0.717) is 22.9 Å². The van der Waals surface area contributed by atoms with Gasteiger partial charge in [-0.3, -0.25) is 4.79 Å². The molecule has 1 aromatic rings. The van der Waals surface area contributed by atoms with Gasteiger partial charge in [0, 0.05) is 25.6 Å². The van der Waals surface area contributed by atoms with E-state index in [1.807, 2.05) is 12.1 Å². The Morgan fingerprint density at radius 3 is 2.88 bits per heavy atom. The summed E-state index contributed by atoms with van der Waals surface area (Å²) in [4.78, 5) is 14.5. The minimum Gasteiger partial charge on any atom is -0.356 e. The second kappa shape index (κ2) is 10.3. The second-order valence-corrected chi connectivity index (χ2v) is 7.36. The molecule has 1 unspecified atom stereocenters. The number of piperidine rings is 1. The van der Waals surface area contributed by atoms with E-state index in [9.17, 15) is 4.79 Å². The molecule has 1 aliphatic rings. The number of hydrogen-bond donors (Lipinski definition) is 1. The van der Waals surface area contributed by atoms with Gasteiger partial charge in [0.05, 0.1) is 10.0 Å².